The second-order valence-electron chi connectivity index (χ2n) is 8.35. The van der Waals surface area contributed by atoms with Crippen LogP contribution >= 0.6 is 0 Å². The third-order valence-corrected chi connectivity index (χ3v) is 6.03. The first-order valence-corrected chi connectivity index (χ1v) is 10.7. The second-order valence-corrected chi connectivity index (χ2v) is 8.35. The van der Waals surface area contributed by atoms with Crippen molar-refractivity contribution in [3.05, 3.63) is 89.3 Å². The van der Waals surface area contributed by atoms with Crippen LogP contribution in [0.2, 0.25) is 0 Å². The van der Waals surface area contributed by atoms with Crippen molar-refractivity contribution >= 4 is 17.4 Å². The highest BCUT2D eigenvalue weighted by Crippen LogP contribution is 2.44. The molecule has 0 spiro atoms. The van der Waals surface area contributed by atoms with Gasteiger partial charge in [-0.2, -0.15) is 0 Å². The molecule has 2 unspecified atom stereocenters. The van der Waals surface area contributed by atoms with E-state index in [0.29, 0.717) is 17.7 Å². The zero-order valence-electron chi connectivity index (χ0n) is 18.1. The summed E-state index contributed by atoms with van der Waals surface area (Å²) in [5.74, 6) is -1.32. The maximum atomic E-state index is 13.3. The summed E-state index contributed by atoms with van der Waals surface area (Å²) in [6.45, 7) is 4.33. The summed E-state index contributed by atoms with van der Waals surface area (Å²) in [6, 6.07) is 17.6. The Labute approximate surface area is 183 Å². The molecule has 1 aliphatic heterocycles. The van der Waals surface area contributed by atoms with Gasteiger partial charge in [0.1, 0.15) is 12.5 Å². The zero-order valence-corrected chi connectivity index (χ0v) is 18.1. The van der Waals surface area contributed by atoms with Gasteiger partial charge in [0.05, 0.1) is 0 Å². The molecule has 0 fully saturated rings. The highest BCUT2D eigenvalue weighted by atomic mass is 16.5. The number of benzene rings is 2. The Balaban J connectivity index is 1.69. The largest absolute Gasteiger partial charge is 0.460 e. The molecular weight excluding hydrogens is 388 g/mol. The number of anilines is 1. The highest BCUT2D eigenvalue weighted by molar-refractivity contribution is 6.00. The monoisotopic (exact) mass is 416 g/mol. The Bertz CT molecular complexity index is 1020. The summed E-state index contributed by atoms with van der Waals surface area (Å²) in [7, 11) is 3.97. The standard InChI is InChI=1S/C26H28N2O3/c1-17-23(26(30)31-16-18-8-5-4-6-9-18)24(19-12-14-20(15-13-19)28(2)3)25-21(27-17)10-7-11-22(25)29/h4-6,8-9,12-15,23-24,27H,1,7,10-11,16H2,2-3H3. The van der Waals surface area contributed by atoms with Gasteiger partial charge in [0.2, 0.25) is 0 Å². The molecule has 0 bridgehead atoms. The van der Waals surface area contributed by atoms with E-state index >= 15 is 0 Å². The number of esters is 1. The quantitative estimate of drug-likeness (QED) is 0.736. The van der Waals surface area contributed by atoms with Gasteiger partial charge in [0, 0.05) is 49.1 Å². The molecule has 0 radical (unpaired) electrons. The van der Waals surface area contributed by atoms with Crippen LogP contribution in [0.15, 0.2) is 78.1 Å². The van der Waals surface area contributed by atoms with Crippen molar-refractivity contribution in [3.8, 4) is 0 Å². The molecule has 0 amide bonds. The predicted octanol–water partition coefficient (Wildman–Crippen LogP) is 4.32. The summed E-state index contributed by atoms with van der Waals surface area (Å²) in [5.41, 5.74) is 5.11. The number of carbonyl (C=O) groups excluding carboxylic acids is 2. The minimum Gasteiger partial charge on any atom is -0.460 e. The van der Waals surface area contributed by atoms with E-state index in [2.05, 4.69) is 11.9 Å². The first-order valence-electron chi connectivity index (χ1n) is 10.7. The lowest BCUT2D eigenvalue weighted by atomic mass is 9.71. The van der Waals surface area contributed by atoms with Gasteiger partial charge < -0.3 is 15.0 Å². The van der Waals surface area contributed by atoms with Gasteiger partial charge in [-0.3, -0.25) is 9.59 Å². The van der Waals surface area contributed by atoms with E-state index in [1.165, 1.54) is 0 Å². The van der Waals surface area contributed by atoms with E-state index in [-0.39, 0.29) is 18.4 Å². The van der Waals surface area contributed by atoms with E-state index in [0.717, 1.165) is 35.4 Å². The number of allylic oxidation sites excluding steroid dienone is 2. The second kappa shape index (κ2) is 8.80. The number of hydrogen-bond donors (Lipinski definition) is 1. The molecule has 2 aromatic carbocycles. The molecule has 1 N–H and O–H groups in total. The lowest BCUT2D eigenvalue weighted by molar-refractivity contribution is -0.149. The topological polar surface area (TPSA) is 58.6 Å². The molecule has 2 aliphatic rings. The zero-order chi connectivity index (χ0) is 22.0. The summed E-state index contributed by atoms with van der Waals surface area (Å²) >= 11 is 0. The van der Waals surface area contributed by atoms with E-state index in [1.54, 1.807) is 0 Å². The van der Waals surface area contributed by atoms with Crippen molar-refractivity contribution in [2.45, 2.75) is 31.8 Å². The van der Waals surface area contributed by atoms with Crippen LogP contribution in [0.4, 0.5) is 5.69 Å². The van der Waals surface area contributed by atoms with Crippen LogP contribution in [0.1, 0.15) is 36.3 Å². The van der Waals surface area contributed by atoms with Crippen LogP contribution in [0.3, 0.4) is 0 Å². The average molecular weight is 417 g/mol. The van der Waals surface area contributed by atoms with Crippen molar-refractivity contribution in [1.29, 1.82) is 0 Å². The maximum Gasteiger partial charge on any atom is 0.316 e. The molecule has 0 saturated carbocycles. The number of ketones is 1. The lowest BCUT2D eigenvalue weighted by Crippen LogP contribution is -2.41. The third kappa shape index (κ3) is 4.26. The van der Waals surface area contributed by atoms with Crippen LogP contribution < -0.4 is 10.2 Å². The van der Waals surface area contributed by atoms with Gasteiger partial charge in [-0.25, -0.2) is 0 Å². The minimum atomic E-state index is -0.658. The van der Waals surface area contributed by atoms with Crippen molar-refractivity contribution in [2.24, 2.45) is 5.92 Å². The molecule has 4 rings (SSSR count). The number of nitrogens with one attached hydrogen (secondary N) is 1. The molecule has 31 heavy (non-hydrogen) atoms. The number of rotatable bonds is 5. The molecular formula is C26H28N2O3. The van der Waals surface area contributed by atoms with Gasteiger partial charge in [-0.15, -0.1) is 0 Å². The molecule has 1 heterocycles. The van der Waals surface area contributed by atoms with Crippen molar-refractivity contribution in [3.63, 3.8) is 0 Å². The Kier molecular flexibility index (Phi) is 5.94. The molecule has 5 heteroatoms. The van der Waals surface area contributed by atoms with Crippen LogP contribution in [0.25, 0.3) is 0 Å². The number of ether oxygens (including phenoxy) is 1. The van der Waals surface area contributed by atoms with Gasteiger partial charge in [0.25, 0.3) is 0 Å². The first-order chi connectivity index (χ1) is 15.0. The predicted molar refractivity (Wildman–Crippen MR) is 121 cm³/mol. The minimum absolute atomic E-state index is 0.101. The maximum absolute atomic E-state index is 13.3. The summed E-state index contributed by atoms with van der Waals surface area (Å²) in [4.78, 5) is 28.2. The molecule has 2 atom stereocenters. The molecule has 1 aliphatic carbocycles. The fraction of sp³-hybridized carbons (Fsp3) is 0.308. The van der Waals surface area contributed by atoms with Crippen LogP contribution in [0.5, 0.6) is 0 Å². The summed E-state index contributed by atoms with van der Waals surface area (Å²) in [5, 5.41) is 3.26. The number of hydrogen-bond acceptors (Lipinski definition) is 5. The van der Waals surface area contributed by atoms with E-state index in [1.807, 2.05) is 73.6 Å². The first kappa shape index (κ1) is 20.9. The number of Topliss-reactive ketones (excluding diaryl/α,β-unsaturated/α-hetero) is 1. The van der Waals surface area contributed by atoms with Gasteiger partial charge in [-0.05, 0) is 36.1 Å². The summed E-state index contributed by atoms with van der Waals surface area (Å²) in [6.07, 6.45) is 2.11. The van der Waals surface area contributed by atoms with E-state index < -0.39 is 11.8 Å². The van der Waals surface area contributed by atoms with Crippen molar-refractivity contribution in [1.82, 2.24) is 5.32 Å². The Morgan fingerprint density at radius 3 is 2.48 bits per heavy atom. The number of carbonyl (C=O) groups is 2. The van der Waals surface area contributed by atoms with Crippen molar-refractivity contribution < 1.29 is 14.3 Å². The fourth-order valence-electron chi connectivity index (χ4n) is 4.43. The Morgan fingerprint density at radius 1 is 1.10 bits per heavy atom. The molecule has 160 valence electrons. The van der Waals surface area contributed by atoms with Gasteiger partial charge in [-0.1, -0.05) is 49.0 Å². The van der Waals surface area contributed by atoms with Crippen LogP contribution in [0, 0.1) is 5.92 Å². The van der Waals surface area contributed by atoms with Gasteiger partial charge in [0.15, 0.2) is 5.78 Å². The molecule has 2 aromatic rings. The van der Waals surface area contributed by atoms with Gasteiger partial charge >= 0.3 is 5.97 Å². The smallest absolute Gasteiger partial charge is 0.316 e. The Hall–Kier alpha value is -3.34. The van der Waals surface area contributed by atoms with Crippen molar-refractivity contribution in [2.75, 3.05) is 19.0 Å². The molecule has 0 aromatic heterocycles. The SMILES string of the molecule is C=C1NC2=C(C(=O)CCC2)C(c2ccc(N(C)C)cc2)C1C(=O)OCc1ccccc1. The van der Waals surface area contributed by atoms with E-state index in [4.69, 9.17) is 4.74 Å². The Morgan fingerprint density at radius 2 is 1.81 bits per heavy atom. The van der Waals surface area contributed by atoms with E-state index in [9.17, 15) is 9.59 Å². The normalized spacial score (nSPS) is 20.7. The fourth-order valence-corrected chi connectivity index (χ4v) is 4.43. The number of nitrogens with zero attached hydrogens (tertiary/aromatic N) is 1. The third-order valence-electron chi connectivity index (χ3n) is 6.03. The molecule has 0 saturated heterocycles. The van der Waals surface area contributed by atoms with Crippen LogP contribution in [-0.4, -0.2) is 25.8 Å². The van der Waals surface area contributed by atoms with Crippen LogP contribution in [-0.2, 0) is 20.9 Å². The highest BCUT2D eigenvalue weighted by Gasteiger charge is 2.43. The lowest BCUT2D eigenvalue weighted by Gasteiger charge is -2.38. The molecule has 5 nitrogen and oxygen atoms in total. The summed E-state index contributed by atoms with van der Waals surface area (Å²) < 4.78 is 5.68. The average Bonchev–Trinajstić information content (AvgIpc) is 2.77.